The van der Waals surface area contributed by atoms with Gasteiger partial charge in [0.25, 0.3) is 0 Å². The first kappa shape index (κ1) is 10.7. The van der Waals surface area contributed by atoms with E-state index in [2.05, 4.69) is 31.2 Å². The van der Waals surface area contributed by atoms with E-state index in [1.54, 1.807) is 5.56 Å². The number of aryl methyl sites for hydroxylation is 1. The topological polar surface area (TPSA) is 12.9 Å². The maximum absolute atomic E-state index is 4.39. The summed E-state index contributed by atoms with van der Waals surface area (Å²) in [6.07, 6.45) is 12.2. The van der Waals surface area contributed by atoms with Gasteiger partial charge in [0.2, 0.25) is 0 Å². The van der Waals surface area contributed by atoms with Gasteiger partial charge in [-0.3, -0.25) is 4.98 Å². The van der Waals surface area contributed by atoms with Gasteiger partial charge >= 0.3 is 0 Å². The molecule has 1 aliphatic carbocycles. The van der Waals surface area contributed by atoms with Crippen molar-refractivity contribution in [1.29, 1.82) is 0 Å². The fourth-order valence-electron chi connectivity index (χ4n) is 2.54. The molecule has 0 N–H and O–H groups in total. The minimum atomic E-state index is 0.617. The molecule has 0 bridgehead atoms. The Kier molecular flexibility index (Phi) is 3.40. The summed E-state index contributed by atoms with van der Waals surface area (Å²) in [6, 6.07) is 0. The van der Waals surface area contributed by atoms with Gasteiger partial charge in [0.15, 0.2) is 0 Å². The van der Waals surface area contributed by atoms with E-state index in [4.69, 9.17) is 0 Å². The minimum absolute atomic E-state index is 0.617. The zero-order chi connectivity index (χ0) is 10.7. The normalized spacial score (nSPS) is 17.0. The van der Waals surface area contributed by atoms with Crippen LogP contribution in [0.25, 0.3) is 0 Å². The van der Waals surface area contributed by atoms with Crippen molar-refractivity contribution >= 4 is 0 Å². The lowest BCUT2D eigenvalue weighted by Crippen LogP contribution is -2.06. The third-order valence-electron chi connectivity index (χ3n) is 3.42. The van der Waals surface area contributed by atoms with Gasteiger partial charge in [-0.05, 0) is 48.3 Å². The van der Waals surface area contributed by atoms with Gasteiger partial charge in [-0.2, -0.15) is 0 Å². The lowest BCUT2D eigenvalue weighted by atomic mass is 9.88. The molecule has 0 atom stereocenters. The van der Waals surface area contributed by atoms with Crippen molar-refractivity contribution in [3.8, 4) is 0 Å². The minimum Gasteiger partial charge on any atom is -0.264 e. The Morgan fingerprint density at radius 2 is 1.73 bits per heavy atom. The van der Waals surface area contributed by atoms with Crippen LogP contribution in [-0.2, 0) is 12.8 Å². The Morgan fingerprint density at radius 3 is 2.47 bits per heavy atom. The highest BCUT2D eigenvalue weighted by molar-refractivity contribution is 5.34. The van der Waals surface area contributed by atoms with Crippen LogP contribution in [0.15, 0.2) is 12.4 Å². The van der Waals surface area contributed by atoms with Crippen molar-refractivity contribution in [2.45, 2.75) is 58.3 Å². The van der Waals surface area contributed by atoms with Crippen LogP contribution in [-0.4, -0.2) is 4.98 Å². The van der Waals surface area contributed by atoms with Crippen LogP contribution < -0.4 is 0 Å². The second-order valence-corrected chi connectivity index (χ2v) is 4.94. The third-order valence-corrected chi connectivity index (χ3v) is 3.42. The molecule has 0 saturated carbocycles. The molecule has 1 aromatic rings. The van der Waals surface area contributed by atoms with Crippen LogP contribution in [0.1, 0.15) is 62.1 Å². The van der Waals surface area contributed by atoms with Crippen LogP contribution in [0.5, 0.6) is 0 Å². The Bertz CT molecular complexity index is 328. The maximum Gasteiger partial charge on any atom is 0.0305 e. The van der Waals surface area contributed by atoms with E-state index >= 15 is 0 Å². The average molecular weight is 203 g/mol. The first-order valence-corrected chi connectivity index (χ1v) is 6.24. The van der Waals surface area contributed by atoms with Gasteiger partial charge in [-0.1, -0.05) is 26.7 Å². The molecular formula is C14H21N. The first-order chi connectivity index (χ1) is 7.29. The zero-order valence-corrected chi connectivity index (χ0v) is 9.92. The van der Waals surface area contributed by atoms with Crippen LogP contribution in [0.3, 0.4) is 0 Å². The molecule has 0 radical (unpaired) electrons. The van der Waals surface area contributed by atoms with Crippen molar-refractivity contribution in [2.75, 3.05) is 0 Å². The molecule has 1 aliphatic rings. The number of hydrogen-bond donors (Lipinski definition) is 0. The molecule has 0 saturated heterocycles. The summed E-state index contributed by atoms with van der Waals surface area (Å²) in [5.74, 6) is 0.617. The summed E-state index contributed by atoms with van der Waals surface area (Å²) < 4.78 is 0. The van der Waals surface area contributed by atoms with E-state index in [9.17, 15) is 0 Å². The largest absolute Gasteiger partial charge is 0.264 e. The predicted octanol–water partition coefficient (Wildman–Crippen LogP) is 3.86. The molecule has 0 aromatic carbocycles. The monoisotopic (exact) mass is 203 g/mol. The molecule has 1 aromatic heterocycles. The second kappa shape index (κ2) is 4.78. The third kappa shape index (κ3) is 2.39. The van der Waals surface area contributed by atoms with Gasteiger partial charge in [0, 0.05) is 12.4 Å². The highest BCUT2D eigenvalue weighted by Crippen LogP contribution is 2.26. The van der Waals surface area contributed by atoms with Crippen molar-refractivity contribution in [3.05, 3.63) is 29.1 Å². The number of fused-ring (bicyclic) bond motifs is 1. The van der Waals surface area contributed by atoms with Crippen LogP contribution in [0, 0.1) is 0 Å². The Balaban J connectivity index is 2.37. The van der Waals surface area contributed by atoms with E-state index in [1.807, 2.05) is 0 Å². The van der Waals surface area contributed by atoms with Crippen LogP contribution in [0.2, 0.25) is 0 Å². The van der Waals surface area contributed by atoms with E-state index in [-0.39, 0.29) is 0 Å². The molecule has 2 rings (SSSR count). The number of rotatable bonds is 1. The highest BCUT2D eigenvalue weighted by Gasteiger charge is 2.13. The summed E-state index contributed by atoms with van der Waals surface area (Å²) in [6.45, 7) is 4.55. The average Bonchev–Trinajstić information content (AvgIpc) is 2.17. The van der Waals surface area contributed by atoms with Gasteiger partial charge in [0.05, 0.1) is 0 Å². The molecule has 0 unspecified atom stereocenters. The molecule has 0 amide bonds. The summed E-state index contributed by atoms with van der Waals surface area (Å²) >= 11 is 0. The molecule has 0 spiro atoms. The summed E-state index contributed by atoms with van der Waals surface area (Å²) in [4.78, 5) is 4.39. The standard InChI is InChI=1S/C14H21N/c1-11(2)14-10-15-9-12-7-5-3-4-6-8-13(12)14/h9-11H,3-8H2,1-2H3. The Morgan fingerprint density at radius 1 is 1.00 bits per heavy atom. The fraction of sp³-hybridized carbons (Fsp3) is 0.643. The maximum atomic E-state index is 4.39. The molecule has 1 heterocycles. The van der Waals surface area contributed by atoms with Crippen molar-refractivity contribution in [1.82, 2.24) is 4.98 Å². The summed E-state index contributed by atoms with van der Waals surface area (Å²) in [7, 11) is 0. The van der Waals surface area contributed by atoms with E-state index < -0.39 is 0 Å². The fourth-order valence-corrected chi connectivity index (χ4v) is 2.54. The Labute approximate surface area is 92.9 Å². The highest BCUT2D eigenvalue weighted by atomic mass is 14.6. The predicted molar refractivity (Wildman–Crippen MR) is 64.2 cm³/mol. The molecule has 1 nitrogen and oxygen atoms in total. The van der Waals surface area contributed by atoms with E-state index in [0.29, 0.717) is 5.92 Å². The smallest absolute Gasteiger partial charge is 0.0305 e. The lowest BCUT2D eigenvalue weighted by Gasteiger charge is -2.18. The van der Waals surface area contributed by atoms with Crippen molar-refractivity contribution in [2.24, 2.45) is 0 Å². The summed E-state index contributed by atoms with van der Waals surface area (Å²) in [5.41, 5.74) is 4.61. The number of nitrogens with zero attached hydrogens (tertiary/aromatic N) is 1. The summed E-state index contributed by atoms with van der Waals surface area (Å²) in [5, 5.41) is 0. The lowest BCUT2D eigenvalue weighted by molar-refractivity contribution is 0.609. The van der Waals surface area contributed by atoms with Crippen LogP contribution in [0.4, 0.5) is 0 Å². The Hall–Kier alpha value is -0.850. The SMILES string of the molecule is CC(C)c1cncc2c1CCCCCC2. The number of aromatic nitrogens is 1. The number of pyridine rings is 1. The molecule has 0 aliphatic heterocycles. The van der Waals surface area contributed by atoms with Crippen molar-refractivity contribution < 1.29 is 0 Å². The van der Waals surface area contributed by atoms with Gasteiger partial charge in [0.1, 0.15) is 0 Å². The van der Waals surface area contributed by atoms with Crippen molar-refractivity contribution in [3.63, 3.8) is 0 Å². The molecule has 1 heteroatoms. The molecule has 0 fully saturated rings. The molecular weight excluding hydrogens is 182 g/mol. The molecule has 15 heavy (non-hydrogen) atoms. The van der Waals surface area contributed by atoms with E-state index in [1.165, 1.54) is 49.7 Å². The van der Waals surface area contributed by atoms with Gasteiger partial charge in [-0.15, -0.1) is 0 Å². The second-order valence-electron chi connectivity index (χ2n) is 4.94. The quantitative estimate of drug-likeness (QED) is 0.675. The molecule has 82 valence electrons. The van der Waals surface area contributed by atoms with E-state index in [0.717, 1.165) is 0 Å². The zero-order valence-electron chi connectivity index (χ0n) is 9.92. The van der Waals surface area contributed by atoms with Gasteiger partial charge < -0.3 is 0 Å². The first-order valence-electron chi connectivity index (χ1n) is 6.24. The number of hydrogen-bond acceptors (Lipinski definition) is 1. The van der Waals surface area contributed by atoms with Crippen LogP contribution >= 0.6 is 0 Å². The van der Waals surface area contributed by atoms with Gasteiger partial charge in [-0.25, -0.2) is 0 Å².